The fraction of sp³-hybridized carbons (Fsp3) is 0.458. The van der Waals surface area contributed by atoms with Crippen LogP contribution in [0.2, 0.25) is 0 Å². The molecular formula is C24H34INO3. The molecule has 0 amide bonds. The van der Waals surface area contributed by atoms with Crippen LogP contribution in [0.3, 0.4) is 0 Å². The quantitative estimate of drug-likeness (QED) is 0.311. The van der Waals surface area contributed by atoms with Crippen molar-refractivity contribution in [2.75, 3.05) is 34.3 Å². The average molecular weight is 511 g/mol. The molecule has 0 saturated heterocycles. The number of ether oxygens (including phenoxy) is 1. The van der Waals surface area contributed by atoms with Gasteiger partial charge >= 0.3 is 5.97 Å². The molecule has 0 aromatic heterocycles. The first-order chi connectivity index (χ1) is 13.2. The molecule has 0 fully saturated rings. The van der Waals surface area contributed by atoms with E-state index < -0.39 is 11.6 Å². The van der Waals surface area contributed by atoms with Crippen LogP contribution in [0.4, 0.5) is 0 Å². The highest BCUT2D eigenvalue weighted by Crippen LogP contribution is 2.34. The number of carbonyl (C=O) groups excluding carboxylic acids is 1. The van der Waals surface area contributed by atoms with Crippen LogP contribution in [-0.2, 0) is 15.1 Å². The molecule has 0 bridgehead atoms. The highest BCUT2D eigenvalue weighted by atomic mass is 127. The van der Waals surface area contributed by atoms with Crippen molar-refractivity contribution in [3.63, 3.8) is 0 Å². The van der Waals surface area contributed by atoms with Crippen LogP contribution >= 0.6 is 0 Å². The molecular weight excluding hydrogens is 477 g/mol. The van der Waals surface area contributed by atoms with Gasteiger partial charge in [0.1, 0.15) is 6.61 Å². The van der Waals surface area contributed by atoms with Crippen molar-refractivity contribution in [1.82, 2.24) is 0 Å². The van der Waals surface area contributed by atoms with Gasteiger partial charge < -0.3 is 38.3 Å². The zero-order chi connectivity index (χ0) is 20.8. The van der Waals surface area contributed by atoms with Crippen LogP contribution in [0.1, 0.15) is 37.8 Å². The van der Waals surface area contributed by atoms with Crippen LogP contribution in [0.5, 0.6) is 0 Å². The van der Waals surface area contributed by atoms with E-state index in [1.54, 1.807) is 24.3 Å². The minimum absolute atomic E-state index is 0. The van der Waals surface area contributed by atoms with E-state index in [0.29, 0.717) is 11.1 Å². The minimum atomic E-state index is -1.83. The normalized spacial score (nSPS) is 12.2. The Balaban J connectivity index is 0.00000420. The summed E-state index contributed by atoms with van der Waals surface area (Å²) < 4.78 is 6.60. The van der Waals surface area contributed by atoms with E-state index in [1.807, 2.05) is 36.4 Å². The molecule has 0 saturated carbocycles. The third-order valence-corrected chi connectivity index (χ3v) is 5.50. The lowest BCUT2D eigenvalue weighted by Gasteiger charge is -2.38. The van der Waals surface area contributed by atoms with Gasteiger partial charge in [-0.3, -0.25) is 0 Å². The number of nitrogens with zero attached hydrogens (tertiary/aromatic N) is 1. The van der Waals surface area contributed by atoms with Gasteiger partial charge in [0.2, 0.25) is 5.60 Å². The van der Waals surface area contributed by atoms with Crippen molar-refractivity contribution in [2.24, 2.45) is 5.41 Å². The van der Waals surface area contributed by atoms with Gasteiger partial charge in [0.05, 0.1) is 33.1 Å². The Morgan fingerprint density at radius 2 is 1.31 bits per heavy atom. The monoisotopic (exact) mass is 511 g/mol. The third kappa shape index (κ3) is 6.27. The maximum atomic E-state index is 13.2. The maximum Gasteiger partial charge on any atom is 0.347 e. The van der Waals surface area contributed by atoms with Gasteiger partial charge in [-0.15, -0.1) is 0 Å². The van der Waals surface area contributed by atoms with Gasteiger partial charge in [-0.2, -0.15) is 0 Å². The molecule has 0 aliphatic heterocycles. The molecule has 0 aliphatic carbocycles. The number of carbonyl (C=O) groups is 1. The topological polar surface area (TPSA) is 46.5 Å². The summed E-state index contributed by atoms with van der Waals surface area (Å²) >= 11 is 0. The molecule has 0 spiro atoms. The molecule has 5 heteroatoms. The molecule has 0 radical (unpaired) electrons. The van der Waals surface area contributed by atoms with Gasteiger partial charge in [-0.1, -0.05) is 74.5 Å². The second-order valence-corrected chi connectivity index (χ2v) is 8.67. The number of aliphatic hydroxyl groups is 1. The summed E-state index contributed by atoms with van der Waals surface area (Å²) in [5, 5.41) is 11.5. The van der Waals surface area contributed by atoms with Crippen molar-refractivity contribution in [1.29, 1.82) is 0 Å². The number of esters is 1. The zero-order valence-corrected chi connectivity index (χ0v) is 20.3. The van der Waals surface area contributed by atoms with Crippen LogP contribution < -0.4 is 24.0 Å². The van der Waals surface area contributed by atoms with E-state index in [1.165, 1.54) is 0 Å². The molecule has 2 aromatic carbocycles. The van der Waals surface area contributed by atoms with Crippen LogP contribution in [-0.4, -0.2) is 49.9 Å². The minimum Gasteiger partial charge on any atom is -1.00 e. The summed E-state index contributed by atoms with van der Waals surface area (Å²) in [6, 6.07) is 18.0. The summed E-state index contributed by atoms with van der Waals surface area (Å²) in [7, 11) is 6.44. The Kier molecular flexibility index (Phi) is 9.31. The molecule has 0 unspecified atom stereocenters. The first kappa shape index (κ1) is 25.6. The van der Waals surface area contributed by atoms with Gasteiger partial charge in [0, 0.05) is 0 Å². The lowest BCUT2D eigenvalue weighted by molar-refractivity contribution is -0.877. The first-order valence-electron chi connectivity index (χ1n) is 9.98. The van der Waals surface area contributed by atoms with E-state index in [2.05, 4.69) is 35.0 Å². The van der Waals surface area contributed by atoms with Gasteiger partial charge in [0.15, 0.2) is 0 Å². The molecule has 0 atom stereocenters. The number of rotatable bonds is 9. The summed E-state index contributed by atoms with van der Waals surface area (Å²) in [5.74, 6) is -0.627. The second-order valence-electron chi connectivity index (χ2n) is 8.67. The predicted molar refractivity (Wildman–Crippen MR) is 113 cm³/mol. The van der Waals surface area contributed by atoms with E-state index in [4.69, 9.17) is 4.74 Å². The van der Waals surface area contributed by atoms with Crippen molar-refractivity contribution in [3.05, 3.63) is 71.8 Å². The molecule has 2 rings (SSSR count). The average Bonchev–Trinajstić information content (AvgIpc) is 2.70. The number of hydrogen-bond donors (Lipinski definition) is 1. The van der Waals surface area contributed by atoms with Crippen LogP contribution in [0.25, 0.3) is 0 Å². The Morgan fingerprint density at radius 3 is 1.66 bits per heavy atom. The van der Waals surface area contributed by atoms with Crippen LogP contribution in [0, 0.1) is 5.41 Å². The summed E-state index contributed by atoms with van der Waals surface area (Å²) in [6.45, 7) is 5.44. The summed E-state index contributed by atoms with van der Waals surface area (Å²) in [4.78, 5) is 13.2. The molecule has 1 N–H and O–H groups in total. The first-order valence-corrected chi connectivity index (χ1v) is 9.98. The van der Waals surface area contributed by atoms with E-state index in [9.17, 15) is 9.90 Å². The Hall–Kier alpha value is -1.44. The Bertz CT molecular complexity index is 713. The zero-order valence-electron chi connectivity index (χ0n) is 18.2. The number of quaternary nitrogens is 1. The standard InChI is InChI=1S/C24H34NO3.HI/c1-6-23(7-2,18-25(3,4)5)19-28-22(26)24(27,20-14-10-8-11-15-20)21-16-12-9-13-17-21;/h8-17,27H,6-7,18-19H2,1-5H3;1H/q+1;/p-1. The molecule has 0 aliphatic rings. The number of halogens is 1. The van der Waals surface area contributed by atoms with E-state index >= 15 is 0 Å². The SMILES string of the molecule is CCC(CC)(COC(=O)C(O)(c1ccccc1)c1ccccc1)C[N+](C)(C)C.[I-]. The van der Waals surface area contributed by atoms with E-state index in [0.717, 1.165) is 23.9 Å². The Labute approximate surface area is 192 Å². The largest absolute Gasteiger partial charge is 1.00 e. The smallest absolute Gasteiger partial charge is 0.347 e. The van der Waals surface area contributed by atoms with Crippen molar-refractivity contribution >= 4 is 5.97 Å². The molecule has 29 heavy (non-hydrogen) atoms. The highest BCUT2D eigenvalue weighted by Gasteiger charge is 2.43. The summed E-state index contributed by atoms with van der Waals surface area (Å²) in [6.07, 6.45) is 1.81. The van der Waals surface area contributed by atoms with E-state index in [-0.39, 0.29) is 36.0 Å². The second kappa shape index (κ2) is 10.5. The van der Waals surface area contributed by atoms with Crippen LogP contribution in [0.15, 0.2) is 60.7 Å². The van der Waals surface area contributed by atoms with Gasteiger partial charge in [-0.25, -0.2) is 4.79 Å². The summed E-state index contributed by atoms with van der Waals surface area (Å²) in [5.41, 5.74) is -0.929. The fourth-order valence-electron chi connectivity index (χ4n) is 3.81. The van der Waals surface area contributed by atoms with Gasteiger partial charge in [0.25, 0.3) is 0 Å². The number of hydrogen-bond acceptors (Lipinski definition) is 3. The lowest BCUT2D eigenvalue weighted by atomic mass is 9.82. The lowest BCUT2D eigenvalue weighted by Crippen LogP contribution is -3.00. The predicted octanol–water partition coefficient (Wildman–Crippen LogP) is 0.982. The van der Waals surface area contributed by atoms with Crippen molar-refractivity contribution < 1.29 is 43.1 Å². The highest BCUT2D eigenvalue weighted by molar-refractivity contribution is 5.85. The molecule has 0 heterocycles. The van der Waals surface area contributed by atoms with Crippen molar-refractivity contribution in [2.45, 2.75) is 32.3 Å². The molecule has 160 valence electrons. The molecule has 4 nitrogen and oxygen atoms in total. The third-order valence-electron chi connectivity index (χ3n) is 5.50. The number of benzene rings is 2. The van der Waals surface area contributed by atoms with Gasteiger partial charge in [-0.05, 0) is 24.0 Å². The van der Waals surface area contributed by atoms with Crippen molar-refractivity contribution in [3.8, 4) is 0 Å². The maximum absolute atomic E-state index is 13.2. The fourth-order valence-corrected chi connectivity index (χ4v) is 3.81. The Morgan fingerprint density at radius 1 is 0.897 bits per heavy atom. The molecule has 2 aromatic rings.